The highest BCUT2D eigenvalue weighted by atomic mass is 16.6. The standard InChI is InChI=1S/C43H60N4O5/c1-29-25-32(11-14-35(29)50-8)43-19-16-42(17-20-43,18-21-43)28-47(36-26-31(15-23-44-36)34-27-51-38(46-34)41(5,6)7)37(48)30-9-12-33(13-10-30)52-39(49)45-24-22-40(2,3)4/h11,14-15,23,25-27,30,33H,9-10,12-13,16-22,24,28H2,1-8H3,(H,45,49). The van der Waals surface area contributed by atoms with Crippen molar-refractivity contribution in [3.8, 4) is 17.0 Å². The summed E-state index contributed by atoms with van der Waals surface area (Å²) >= 11 is 0. The molecule has 2 aromatic heterocycles. The number of carbonyl (C=O) groups excluding carboxylic acids is 2. The molecule has 0 atom stereocenters. The first-order valence-corrected chi connectivity index (χ1v) is 19.4. The van der Waals surface area contributed by atoms with E-state index in [1.165, 1.54) is 11.1 Å². The lowest BCUT2D eigenvalue weighted by molar-refractivity contribution is -0.124. The van der Waals surface area contributed by atoms with E-state index in [0.717, 1.165) is 62.0 Å². The number of hydrogen-bond donors (Lipinski definition) is 1. The zero-order valence-corrected chi connectivity index (χ0v) is 32.8. The number of carbonyl (C=O) groups is 2. The van der Waals surface area contributed by atoms with Crippen LogP contribution >= 0.6 is 0 Å². The number of hydrogen-bond acceptors (Lipinski definition) is 7. The monoisotopic (exact) mass is 712 g/mol. The Morgan fingerprint density at radius 3 is 2.25 bits per heavy atom. The summed E-state index contributed by atoms with van der Waals surface area (Å²) in [5, 5.41) is 2.91. The number of anilines is 1. The minimum atomic E-state index is -0.362. The molecule has 3 aromatic rings. The smallest absolute Gasteiger partial charge is 0.407 e. The van der Waals surface area contributed by atoms with Crippen molar-refractivity contribution in [2.24, 2.45) is 16.7 Å². The number of amides is 2. The number of methoxy groups -OCH3 is 1. The summed E-state index contributed by atoms with van der Waals surface area (Å²) in [5.41, 5.74) is 4.38. The number of oxazole rings is 1. The lowest BCUT2D eigenvalue weighted by atomic mass is 9.51. The van der Waals surface area contributed by atoms with E-state index in [9.17, 15) is 9.59 Å². The summed E-state index contributed by atoms with van der Waals surface area (Å²) in [6.07, 6.45) is 13.1. The van der Waals surface area contributed by atoms with Gasteiger partial charge in [-0.3, -0.25) is 9.69 Å². The van der Waals surface area contributed by atoms with Crippen LogP contribution in [0.2, 0.25) is 0 Å². The number of aromatic nitrogens is 2. The Labute approximate surface area is 310 Å². The SMILES string of the molecule is COc1ccc(C23CCC(CN(C(=O)C4CCC(OC(=O)NCCC(C)(C)C)CC4)c4cc(-c5coc(C(C)(C)C)n5)ccn4)(CC2)CC3)cc1C. The third-order valence-corrected chi connectivity index (χ3v) is 12.1. The second-order valence-corrected chi connectivity index (χ2v) is 18.2. The van der Waals surface area contributed by atoms with E-state index < -0.39 is 0 Å². The molecule has 0 unspecified atom stereocenters. The van der Waals surface area contributed by atoms with E-state index in [1.54, 1.807) is 19.6 Å². The van der Waals surface area contributed by atoms with Crippen LogP contribution < -0.4 is 15.0 Å². The van der Waals surface area contributed by atoms with E-state index in [0.29, 0.717) is 50.5 Å². The third kappa shape index (κ3) is 8.50. The number of nitrogens with zero attached hydrogens (tertiary/aromatic N) is 3. The number of nitrogens with one attached hydrogen (secondary N) is 1. The Kier molecular flexibility index (Phi) is 10.8. The van der Waals surface area contributed by atoms with Gasteiger partial charge in [-0.2, -0.15) is 0 Å². The van der Waals surface area contributed by atoms with Gasteiger partial charge in [0.1, 0.15) is 29.6 Å². The molecular weight excluding hydrogens is 652 g/mol. The molecule has 9 nitrogen and oxygen atoms in total. The number of pyridine rings is 1. The van der Waals surface area contributed by atoms with Crippen molar-refractivity contribution in [3.63, 3.8) is 0 Å². The topological polar surface area (TPSA) is 107 Å². The molecule has 9 heteroatoms. The van der Waals surface area contributed by atoms with Crippen LogP contribution in [0.4, 0.5) is 10.6 Å². The summed E-state index contributed by atoms with van der Waals surface area (Å²) in [6, 6.07) is 10.7. The van der Waals surface area contributed by atoms with Gasteiger partial charge in [-0.25, -0.2) is 14.8 Å². The average Bonchev–Trinajstić information content (AvgIpc) is 3.63. The molecule has 52 heavy (non-hydrogen) atoms. The van der Waals surface area contributed by atoms with Crippen LogP contribution in [-0.4, -0.2) is 48.3 Å². The van der Waals surface area contributed by atoms with E-state index in [4.69, 9.17) is 23.9 Å². The zero-order valence-electron chi connectivity index (χ0n) is 32.8. The molecule has 7 rings (SSSR count). The minimum absolute atomic E-state index is 0.0371. The van der Waals surface area contributed by atoms with Crippen LogP contribution in [0.15, 0.2) is 47.2 Å². The molecule has 2 bridgehead atoms. The van der Waals surface area contributed by atoms with Gasteiger partial charge in [0.15, 0.2) is 5.89 Å². The number of aryl methyl sites for hydroxylation is 1. The summed E-state index contributed by atoms with van der Waals surface area (Å²) < 4.78 is 17.2. The van der Waals surface area contributed by atoms with E-state index >= 15 is 0 Å². The quantitative estimate of drug-likeness (QED) is 0.223. The molecule has 4 aliphatic carbocycles. The maximum Gasteiger partial charge on any atom is 0.407 e. The average molecular weight is 713 g/mol. The summed E-state index contributed by atoms with van der Waals surface area (Å²) in [6.45, 7) is 16.1. The zero-order chi connectivity index (χ0) is 37.3. The normalized spacial score (nSPS) is 24.7. The van der Waals surface area contributed by atoms with Gasteiger partial charge in [0.05, 0.1) is 7.11 Å². The van der Waals surface area contributed by atoms with Gasteiger partial charge >= 0.3 is 6.09 Å². The van der Waals surface area contributed by atoms with Crippen molar-refractivity contribution in [2.75, 3.05) is 25.1 Å². The maximum atomic E-state index is 14.7. The highest BCUT2D eigenvalue weighted by Gasteiger charge is 2.51. The Morgan fingerprint density at radius 2 is 1.65 bits per heavy atom. The lowest BCUT2D eigenvalue weighted by Crippen LogP contribution is -2.52. The molecule has 4 aliphatic rings. The fourth-order valence-corrected chi connectivity index (χ4v) is 8.61. The fourth-order valence-electron chi connectivity index (χ4n) is 8.61. The number of ether oxygens (including phenoxy) is 2. The van der Waals surface area contributed by atoms with Gasteiger partial charge in [-0.1, -0.05) is 53.7 Å². The van der Waals surface area contributed by atoms with Gasteiger partial charge in [0, 0.05) is 36.2 Å². The molecule has 0 aliphatic heterocycles. The highest BCUT2D eigenvalue weighted by Crippen LogP contribution is 2.58. The van der Waals surface area contributed by atoms with Gasteiger partial charge in [-0.05, 0) is 123 Å². The number of rotatable bonds is 10. The highest BCUT2D eigenvalue weighted by molar-refractivity contribution is 5.95. The van der Waals surface area contributed by atoms with Gasteiger partial charge < -0.3 is 19.2 Å². The first kappa shape index (κ1) is 37.9. The summed E-state index contributed by atoms with van der Waals surface area (Å²) in [7, 11) is 1.73. The fraction of sp³-hybridized carbons (Fsp3) is 0.628. The Bertz CT molecular complexity index is 1700. The maximum absolute atomic E-state index is 14.7. The molecule has 4 saturated carbocycles. The van der Waals surface area contributed by atoms with Gasteiger partial charge in [0.25, 0.3) is 0 Å². The molecule has 2 amide bonds. The summed E-state index contributed by atoms with van der Waals surface area (Å²) in [4.78, 5) is 38.8. The Morgan fingerprint density at radius 1 is 0.962 bits per heavy atom. The van der Waals surface area contributed by atoms with E-state index in [2.05, 4.69) is 72.0 Å². The first-order chi connectivity index (χ1) is 24.6. The summed E-state index contributed by atoms with van der Waals surface area (Å²) in [5.74, 6) is 2.25. The van der Waals surface area contributed by atoms with Crippen LogP contribution in [0.5, 0.6) is 5.75 Å². The van der Waals surface area contributed by atoms with Crippen LogP contribution in [0, 0.1) is 23.7 Å². The van der Waals surface area contributed by atoms with Gasteiger partial charge in [-0.15, -0.1) is 0 Å². The van der Waals surface area contributed by atoms with Crippen molar-refractivity contribution in [3.05, 3.63) is 59.8 Å². The number of benzene rings is 1. The molecule has 2 heterocycles. The second kappa shape index (κ2) is 14.9. The Balaban J connectivity index is 1.19. The van der Waals surface area contributed by atoms with Crippen LogP contribution in [0.3, 0.4) is 0 Å². The largest absolute Gasteiger partial charge is 0.496 e. The molecule has 1 N–H and O–H groups in total. The van der Waals surface area contributed by atoms with E-state index in [1.807, 2.05) is 17.0 Å². The minimum Gasteiger partial charge on any atom is -0.496 e. The van der Waals surface area contributed by atoms with Crippen LogP contribution in [0.1, 0.15) is 129 Å². The van der Waals surface area contributed by atoms with Crippen LogP contribution in [-0.2, 0) is 20.4 Å². The second-order valence-electron chi connectivity index (χ2n) is 18.2. The predicted octanol–water partition coefficient (Wildman–Crippen LogP) is 9.70. The molecule has 282 valence electrons. The molecule has 1 aromatic carbocycles. The molecule has 0 spiro atoms. The molecule has 0 saturated heterocycles. The first-order valence-electron chi connectivity index (χ1n) is 19.4. The molecular formula is C43H60N4O5. The van der Waals surface area contributed by atoms with E-state index in [-0.39, 0.29) is 45.7 Å². The number of fused-ring (bicyclic) bond motifs is 3. The van der Waals surface area contributed by atoms with Crippen molar-refractivity contribution in [1.29, 1.82) is 0 Å². The van der Waals surface area contributed by atoms with Gasteiger partial charge in [0.2, 0.25) is 5.91 Å². The number of alkyl carbamates (subject to hydrolysis) is 1. The lowest BCUT2D eigenvalue weighted by Gasteiger charge is -2.55. The third-order valence-electron chi connectivity index (χ3n) is 12.1. The molecule has 4 fully saturated rings. The molecule has 0 radical (unpaired) electrons. The van der Waals surface area contributed by atoms with Crippen molar-refractivity contribution in [2.45, 2.75) is 136 Å². The Hall–Kier alpha value is -3.88. The van der Waals surface area contributed by atoms with Crippen molar-refractivity contribution in [1.82, 2.24) is 15.3 Å². The van der Waals surface area contributed by atoms with Crippen molar-refractivity contribution < 1.29 is 23.5 Å². The predicted molar refractivity (Wildman–Crippen MR) is 205 cm³/mol. The van der Waals surface area contributed by atoms with Crippen molar-refractivity contribution >= 4 is 17.8 Å². The van der Waals surface area contributed by atoms with Crippen LogP contribution in [0.25, 0.3) is 11.3 Å².